The Balaban J connectivity index is 1.45. The minimum absolute atomic E-state index is 0.331. The number of carbonyl (C=O) groups is 1. The number of benzene rings is 2. The Morgan fingerprint density at radius 3 is 2.61 bits per heavy atom. The molecule has 1 aliphatic carbocycles. The van der Waals surface area contributed by atoms with Crippen molar-refractivity contribution >= 4 is 49.9 Å². The predicted molar refractivity (Wildman–Crippen MR) is 173 cm³/mol. The third-order valence-electron chi connectivity index (χ3n) is 7.05. The maximum Gasteiger partial charge on any atom is 0.306 e. The Labute approximate surface area is 257 Å². The fourth-order valence-corrected chi connectivity index (χ4v) is 5.32. The van der Waals surface area contributed by atoms with Gasteiger partial charge in [0.1, 0.15) is 5.75 Å². The zero-order chi connectivity index (χ0) is 31.4. The van der Waals surface area contributed by atoms with Crippen molar-refractivity contribution in [2.75, 3.05) is 56.5 Å². The third kappa shape index (κ3) is 7.47. The van der Waals surface area contributed by atoms with E-state index in [9.17, 15) is 13.2 Å². The van der Waals surface area contributed by atoms with E-state index in [2.05, 4.69) is 55.3 Å². The fraction of sp³-hybridized carbons (Fsp3) is 0.323. The zero-order valence-corrected chi connectivity index (χ0v) is 26.1. The molecule has 1 fully saturated rings. The smallest absolute Gasteiger partial charge is 0.306 e. The summed E-state index contributed by atoms with van der Waals surface area (Å²) in [4.78, 5) is 24.2. The van der Waals surface area contributed by atoms with Gasteiger partial charge in [-0.2, -0.15) is 8.42 Å². The van der Waals surface area contributed by atoms with Gasteiger partial charge < -0.3 is 34.3 Å². The lowest BCUT2D eigenvalue weighted by atomic mass is 10.1. The highest BCUT2D eigenvalue weighted by Gasteiger charge is 2.26. The summed E-state index contributed by atoms with van der Waals surface area (Å²) in [6, 6.07) is 14.1. The maximum absolute atomic E-state index is 12.8. The second-order valence-electron chi connectivity index (χ2n) is 10.9. The topological polar surface area (TPSA) is 140 Å². The van der Waals surface area contributed by atoms with Gasteiger partial charge in [-0.15, -0.1) is 0 Å². The predicted octanol–water partition coefficient (Wildman–Crippen LogP) is 4.98. The van der Waals surface area contributed by atoms with Crippen LogP contribution >= 0.6 is 0 Å². The number of amides is 1. The molecule has 2 aromatic carbocycles. The number of fused-ring (bicyclic) bond motifs is 1. The van der Waals surface area contributed by atoms with E-state index in [1.54, 1.807) is 25.4 Å². The van der Waals surface area contributed by atoms with E-state index >= 15 is 0 Å². The number of nitrogens with zero attached hydrogens (tertiary/aromatic N) is 4. The largest absolute Gasteiger partial charge is 0.494 e. The molecule has 0 bridgehead atoms. The molecule has 1 saturated carbocycles. The normalized spacial score (nSPS) is 13.1. The molecule has 0 unspecified atom stereocenters. The van der Waals surface area contributed by atoms with Crippen LogP contribution in [0.3, 0.4) is 0 Å². The van der Waals surface area contributed by atoms with Crippen molar-refractivity contribution in [1.82, 2.24) is 19.4 Å². The minimum Gasteiger partial charge on any atom is -0.494 e. The van der Waals surface area contributed by atoms with Crippen LogP contribution in [0, 0.1) is 0 Å². The van der Waals surface area contributed by atoms with Gasteiger partial charge in [-0.05, 0) is 64.7 Å². The van der Waals surface area contributed by atoms with Crippen LogP contribution in [0.1, 0.15) is 25.3 Å². The summed E-state index contributed by atoms with van der Waals surface area (Å²) in [6.07, 6.45) is 7.87. The number of nitrogens with one attached hydrogen (secondary N) is 3. The van der Waals surface area contributed by atoms with E-state index in [1.807, 2.05) is 32.3 Å². The molecule has 13 heteroatoms. The summed E-state index contributed by atoms with van der Waals surface area (Å²) < 4.78 is 35.8. The van der Waals surface area contributed by atoms with Gasteiger partial charge in [0.15, 0.2) is 5.76 Å². The molecule has 12 nitrogen and oxygen atoms in total. The van der Waals surface area contributed by atoms with Crippen molar-refractivity contribution < 1.29 is 22.1 Å². The minimum atomic E-state index is -3.93. The summed E-state index contributed by atoms with van der Waals surface area (Å²) >= 11 is 0. The molecule has 1 amide bonds. The average molecular weight is 620 g/mol. The number of hydrogen-bond donors (Lipinski definition) is 3. The van der Waals surface area contributed by atoms with Gasteiger partial charge in [0.2, 0.25) is 5.95 Å². The van der Waals surface area contributed by atoms with Crippen LogP contribution in [-0.4, -0.2) is 74.3 Å². The Hall–Kier alpha value is -4.62. The van der Waals surface area contributed by atoms with Gasteiger partial charge in [-0.25, -0.2) is 9.97 Å². The van der Waals surface area contributed by atoms with E-state index < -0.39 is 21.8 Å². The third-order valence-corrected chi connectivity index (χ3v) is 7.55. The quantitative estimate of drug-likeness (QED) is 0.0767. The van der Waals surface area contributed by atoms with Gasteiger partial charge in [-0.3, -0.25) is 4.79 Å². The highest BCUT2D eigenvalue weighted by Crippen LogP contribution is 2.41. The summed E-state index contributed by atoms with van der Waals surface area (Å²) in [5.41, 5.74) is 4.35. The Morgan fingerprint density at radius 1 is 1.14 bits per heavy atom. The molecule has 44 heavy (non-hydrogen) atoms. The van der Waals surface area contributed by atoms with Crippen molar-refractivity contribution in [2.24, 2.45) is 0 Å². The molecule has 2 aromatic heterocycles. The number of carbonyl (C=O) groups excluding carboxylic acids is 1. The Kier molecular flexibility index (Phi) is 9.06. The highest BCUT2D eigenvalue weighted by atomic mass is 32.2. The lowest BCUT2D eigenvalue weighted by molar-refractivity contribution is -0.114. The van der Waals surface area contributed by atoms with Crippen LogP contribution in [0.2, 0.25) is 0 Å². The summed E-state index contributed by atoms with van der Waals surface area (Å²) in [7, 11) is 1.60. The number of aromatic nitrogens is 3. The van der Waals surface area contributed by atoms with Crippen LogP contribution in [0.25, 0.3) is 22.2 Å². The number of methoxy groups -OCH3 is 1. The second-order valence-corrected chi connectivity index (χ2v) is 12.5. The first kappa shape index (κ1) is 30.8. The molecule has 4 aromatic rings. The van der Waals surface area contributed by atoms with Crippen molar-refractivity contribution in [3.05, 3.63) is 67.2 Å². The Morgan fingerprint density at radius 2 is 1.91 bits per heavy atom. The average Bonchev–Trinajstić information content (AvgIpc) is 3.75. The summed E-state index contributed by atoms with van der Waals surface area (Å²) in [5.74, 6) is -0.563. The molecule has 0 radical (unpaired) electrons. The van der Waals surface area contributed by atoms with Gasteiger partial charge >= 0.3 is 10.1 Å². The van der Waals surface area contributed by atoms with Gasteiger partial charge in [0.05, 0.1) is 36.1 Å². The van der Waals surface area contributed by atoms with Crippen LogP contribution in [0.5, 0.6) is 5.75 Å². The number of ether oxygens (including phenoxy) is 1. The number of rotatable bonds is 14. The van der Waals surface area contributed by atoms with Crippen molar-refractivity contribution in [3.8, 4) is 17.0 Å². The molecule has 0 spiro atoms. The second kappa shape index (κ2) is 12.9. The Bertz CT molecular complexity index is 1800. The van der Waals surface area contributed by atoms with E-state index in [1.165, 1.54) is 18.4 Å². The van der Waals surface area contributed by atoms with Crippen LogP contribution in [0.4, 0.5) is 23.0 Å². The maximum atomic E-state index is 12.8. The van der Waals surface area contributed by atoms with Gasteiger partial charge in [0.25, 0.3) is 5.91 Å². The molecule has 5 rings (SSSR count). The number of para-hydroxylation sites is 1. The summed E-state index contributed by atoms with van der Waals surface area (Å²) in [5, 5.41) is 10.4. The number of anilines is 4. The molecule has 1 aliphatic rings. The van der Waals surface area contributed by atoms with Crippen LogP contribution < -0.4 is 20.7 Å². The highest BCUT2D eigenvalue weighted by molar-refractivity contribution is 7.86. The van der Waals surface area contributed by atoms with Crippen LogP contribution in [0.15, 0.2) is 67.2 Å². The van der Waals surface area contributed by atoms with E-state index in [0.717, 1.165) is 35.9 Å². The SMILES string of the molecule is C=C(OS(C)(=O)=O)C(=O)Nc1cc(Nc2nccc(-c3cn(C4CC4)c4ccccc34)n2)c(OC)cc1NCCCN(C)C. The van der Waals surface area contributed by atoms with Crippen LogP contribution in [-0.2, 0) is 19.1 Å². The molecule has 0 atom stereocenters. The first-order chi connectivity index (χ1) is 21.0. The van der Waals surface area contributed by atoms with Crippen molar-refractivity contribution in [3.63, 3.8) is 0 Å². The molecule has 2 heterocycles. The number of hydrogen-bond acceptors (Lipinski definition) is 10. The van der Waals surface area contributed by atoms with E-state index in [0.29, 0.717) is 41.3 Å². The first-order valence-corrected chi connectivity index (χ1v) is 16.0. The van der Waals surface area contributed by atoms with Crippen molar-refractivity contribution in [1.29, 1.82) is 0 Å². The van der Waals surface area contributed by atoms with Gasteiger partial charge in [0, 0.05) is 47.5 Å². The zero-order valence-electron chi connectivity index (χ0n) is 25.3. The standard InChI is InChI=1S/C31H37N7O5S/c1-20(43-44(5,40)41)30(39)34-26-17-27(29(42-4)18-25(26)32-14-8-16-37(2)3)36-31-33-15-13-24(35-31)23-19-38(21-11-12-21)28-10-7-6-9-22(23)28/h6-7,9-10,13,15,17-19,21,32H,1,8,11-12,14,16H2,2-5H3,(H,34,39)(H,33,35,36). The molecular formula is C31H37N7O5S. The molecule has 0 aliphatic heterocycles. The van der Waals surface area contributed by atoms with E-state index in [-0.39, 0.29) is 0 Å². The first-order valence-electron chi connectivity index (χ1n) is 14.2. The monoisotopic (exact) mass is 619 g/mol. The molecule has 232 valence electrons. The fourth-order valence-electron chi connectivity index (χ4n) is 4.88. The van der Waals surface area contributed by atoms with Crippen molar-refractivity contribution in [2.45, 2.75) is 25.3 Å². The van der Waals surface area contributed by atoms with E-state index in [4.69, 9.17) is 13.9 Å². The lowest BCUT2D eigenvalue weighted by Gasteiger charge is -2.19. The molecular weight excluding hydrogens is 582 g/mol. The summed E-state index contributed by atoms with van der Waals surface area (Å²) in [6.45, 7) is 4.93. The van der Waals surface area contributed by atoms with Gasteiger partial charge in [-0.1, -0.05) is 18.2 Å². The molecule has 0 saturated heterocycles. The lowest BCUT2D eigenvalue weighted by Crippen LogP contribution is -2.20. The molecule has 3 N–H and O–H groups in total.